The van der Waals surface area contributed by atoms with Crippen molar-refractivity contribution in [3.63, 3.8) is 0 Å². The van der Waals surface area contributed by atoms with Gasteiger partial charge in [0.25, 0.3) is 0 Å². The summed E-state index contributed by atoms with van der Waals surface area (Å²) in [6.07, 6.45) is 9.10. The van der Waals surface area contributed by atoms with Gasteiger partial charge in [0.05, 0.1) is 7.11 Å². The van der Waals surface area contributed by atoms with Crippen molar-refractivity contribution in [2.75, 3.05) is 26.7 Å². The summed E-state index contributed by atoms with van der Waals surface area (Å²) >= 11 is 0. The zero-order valence-electron chi connectivity index (χ0n) is 16.3. The van der Waals surface area contributed by atoms with Gasteiger partial charge in [0.2, 0.25) is 5.91 Å². The molecule has 2 fully saturated rings. The maximum absolute atomic E-state index is 12.4. The van der Waals surface area contributed by atoms with E-state index in [0.717, 1.165) is 23.2 Å². The molecular formula is C22H31N3O2. The van der Waals surface area contributed by atoms with Gasteiger partial charge >= 0.3 is 0 Å². The van der Waals surface area contributed by atoms with Crippen molar-refractivity contribution >= 4 is 16.8 Å². The van der Waals surface area contributed by atoms with Crippen LogP contribution in [-0.4, -0.2) is 48.2 Å². The lowest BCUT2D eigenvalue weighted by molar-refractivity contribution is -0.121. The number of nitrogens with zero attached hydrogens (tertiary/aromatic N) is 2. The summed E-state index contributed by atoms with van der Waals surface area (Å²) in [7, 11) is 1.68. The monoisotopic (exact) mass is 369 g/mol. The average Bonchev–Trinajstić information content (AvgIpc) is 3.12. The van der Waals surface area contributed by atoms with Gasteiger partial charge in [0, 0.05) is 42.7 Å². The first-order chi connectivity index (χ1) is 13.2. The van der Waals surface area contributed by atoms with Crippen molar-refractivity contribution in [3.8, 4) is 5.75 Å². The number of aromatic nitrogens is 1. The fourth-order valence-corrected chi connectivity index (χ4v) is 4.87. The maximum Gasteiger partial charge on any atom is 0.221 e. The van der Waals surface area contributed by atoms with Crippen LogP contribution >= 0.6 is 0 Å². The van der Waals surface area contributed by atoms with E-state index in [9.17, 15) is 4.79 Å². The third-order valence-electron chi connectivity index (χ3n) is 6.35. The predicted molar refractivity (Wildman–Crippen MR) is 108 cm³/mol. The van der Waals surface area contributed by atoms with Crippen molar-refractivity contribution < 1.29 is 9.53 Å². The van der Waals surface area contributed by atoms with Crippen LogP contribution in [0.2, 0.25) is 0 Å². The summed E-state index contributed by atoms with van der Waals surface area (Å²) in [5, 5.41) is 4.36. The number of carbonyl (C=O) groups is 1. The predicted octanol–water partition coefficient (Wildman–Crippen LogP) is 3.42. The molecule has 2 atom stereocenters. The van der Waals surface area contributed by atoms with Gasteiger partial charge in [0.15, 0.2) is 0 Å². The van der Waals surface area contributed by atoms with Crippen molar-refractivity contribution in [1.29, 1.82) is 0 Å². The summed E-state index contributed by atoms with van der Waals surface area (Å²) in [5.41, 5.74) is 1.15. The molecule has 146 valence electrons. The van der Waals surface area contributed by atoms with Crippen LogP contribution in [0.4, 0.5) is 0 Å². The van der Waals surface area contributed by atoms with Crippen molar-refractivity contribution in [2.45, 2.75) is 51.1 Å². The third-order valence-corrected chi connectivity index (χ3v) is 6.35. The molecule has 2 aliphatic heterocycles. The number of hydrogen-bond donors (Lipinski definition) is 1. The molecular weight excluding hydrogens is 338 g/mol. The molecule has 1 amide bonds. The Kier molecular flexibility index (Phi) is 5.67. The van der Waals surface area contributed by atoms with E-state index < -0.39 is 0 Å². The number of rotatable bonds is 6. The summed E-state index contributed by atoms with van der Waals surface area (Å²) in [6.45, 7) is 4.05. The summed E-state index contributed by atoms with van der Waals surface area (Å²) in [6, 6.07) is 8.83. The average molecular weight is 370 g/mol. The van der Waals surface area contributed by atoms with Gasteiger partial charge in [-0.1, -0.05) is 6.42 Å². The maximum atomic E-state index is 12.4. The Morgan fingerprint density at radius 1 is 1.19 bits per heavy atom. The summed E-state index contributed by atoms with van der Waals surface area (Å²) in [5.74, 6) is 1.66. The number of hydrogen-bond acceptors (Lipinski definition) is 3. The quantitative estimate of drug-likeness (QED) is 0.849. The first-order valence-corrected chi connectivity index (χ1v) is 10.4. The van der Waals surface area contributed by atoms with Gasteiger partial charge in [-0.3, -0.25) is 4.79 Å². The first-order valence-electron chi connectivity index (χ1n) is 10.4. The SMILES string of the molecule is COc1ccc2c(ccn2CCC(=O)NCC2CCCN3CCCCC23)c1. The van der Waals surface area contributed by atoms with Crippen LogP contribution in [0.15, 0.2) is 30.5 Å². The number of nitrogens with one attached hydrogen (secondary N) is 1. The number of amides is 1. The van der Waals surface area contributed by atoms with Gasteiger partial charge < -0.3 is 19.5 Å². The number of methoxy groups -OCH3 is 1. The Hall–Kier alpha value is -2.01. The molecule has 0 bridgehead atoms. The number of carbonyl (C=O) groups excluding carboxylic acids is 1. The second kappa shape index (κ2) is 8.34. The number of benzene rings is 1. The molecule has 2 saturated heterocycles. The van der Waals surface area contributed by atoms with Crippen molar-refractivity contribution in [3.05, 3.63) is 30.5 Å². The van der Waals surface area contributed by atoms with Gasteiger partial charge in [-0.15, -0.1) is 0 Å². The van der Waals surface area contributed by atoms with Gasteiger partial charge in [0.1, 0.15) is 5.75 Å². The van der Waals surface area contributed by atoms with E-state index in [0.29, 0.717) is 24.9 Å². The Morgan fingerprint density at radius 3 is 2.96 bits per heavy atom. The highest BCUT2D eigenvalue weighted by molar-refractivity contribution is 5.82. The number of fused-ring (bicyclic) bond motifs is 2. The van der Waals surface area contributed by atoms with Crippen molar-refractivity contribution in [2.24, 2.45) is 5.92 Å². The molecule has 2 unspecified atom stereocenters. The standard InChI is InChI=1S/C22H31N3O2/c1-27-19-7-8-21-17(15-19)9-13-25(21)14-10-22(26)23-16-18-5-4-12-24-11-3-2-6-20(18)24/h7-9,13,15,18,20H,2-6,10-12,14,16H2,1H3,(H,23,26). The molecule has 1 N–H and O–H groups in total. The number of piperidine rings is 2. The zero-order valence-corrected chi connectivity index (χ0v) is 16.3. The van der Waals surface area contributed by atoms with Gasteiger partial charge in [-0.2, -0.15) is 0 Å². The molecule has 5 nitrogen and oxygen atoms in total. The molecule has 3 heterocycles. The molecule has 1 aromatic carbocycles. The number of aryl methyl sites for hydroxylation is 1. The topological polar surface area (TPSA) is 46.5 Å². The van der Waals surface area contributed by atoms with E-state index in [1.165, 1.54) is 45.2 Å². The van der Waals surface area contributed by atoms with Crippen LogP contribution in [0.25, 0.3) is 10.9 Å². The second-order valence-corrected chi connectivity index (χ2v) is 7.99. The van der Waals surface area contributed by atoms with E-state index in [4.69, 9.17) is 4.74 Å². The minimum Gasteiger partial charge on any atom is -0.497 e. The molecule has 4 rings (SSSR count). The van der Waals surface area contributed by atoms with E-state index in [1.807, 2.05) is 12.1 Å². The van der Waals surface area contributed by atoms with E-state index in [-0.39, 0.29) is 5.91 Å². The van der Waals surface area contributed by atoms with E-state index in [2.05, 4.69) is 33.1 Å². The van der Waals surface area contributed by atoms with Crippen LogP contribution in [0.3, 0.4) is 0 Å². The Balaban J connectivity index is 1.28. The largest absolute Gasteiger partial charge is 0.497 e. The summed E-state index contributed by atoms with van der Waals surface area (Å²) < 4.78 is 7.43. The fourth-order valence-electron chi connectivity index (χ4n) is 4.87. The molecule has 0 saturated carbocycles. The highest BCUT2D eigenvalue weighted by Gasteiger charge is 2.32. The Bertz CT molecular complexity index is 783. The van der Waals surface area contributed by atoms with Crippen LogP contribution in [0.1, 0.15) is 38.5 Å². The molecule has 0 radical (unpaired) electrons. The molecule has 5 heteroatoms. The third kappa shape index (κ3) is 4.13. The lowest BCUT2D eigenvalue weighted by Gasteiger charge is -2.44. The zero-order chi connectivity index (χ0) is 18.6. The first kappa shape index (κ1) is 18.4. The highest BCUT2D eigenvalue weighted by atomic mass is 16.5. The Morgan fingerprint density at radius 2 is 2.07 bits per heavy atom. The normalized spacial score (nSPS) is 23.1. The lowest BCUT2D eigenvalue weighted by Crippen LogP contribution is -2.51. The summed E-state index contributed by atoms with van der Waals surface area (Å²) in [4.78, 5) is 15.1. The smallest absolute Gasteiger partial charge is 0.221 e. The molecule has 27 heavy (non-hydrogen) atoms. The highest BCUT2D eigenvalue weighted by Crippen LogP contribution is 2.30. The van der Waals surface area contributed by atoms with E-state index >= 15 is 0 Å². The Labute approximate surface area is 161 Å². The van der Waals surface area contributed by atoms with Crippen LogP contribution in [-0.2, 0) is 11.3 Å². The molecule has 1 aromatic heterocycles. The van der Waals surface area contributed by atoms with Gasteiger partial charge in [-0.05, 0) is 69.0 Å². The van der Waals surface area contributed by atoms with Crippen LogP contribution in [0, 0.1) is 5.92 Å². The van der Waals surface area contributed by atoms with Gasteiger partial charge in [-0.25, -0.2) is 0 Å². The molecule has 2 aliphatic rings. The van der Waals surface area contributed by atoms with Crippen molar-refractivity contribution in [1.82, 2.24) is 14.8 Å². The number of ether oxygens (including phenoxy) is 1. The minimum atomic E-state index is 0.165. The fraction of sp³-hybridized carbons (Fsp3) is 0.591. The second-order valence-electron chi connectivity index (χ2n) is 7.99. The van der Waals surface area contributed by atoms with E-state index in [1.54, 1.807) is 7.11 Å². The minimum absolute atomic E-state index is 0.165. The molecule has 0 aliphatic carbocycles. The lowest BCUT2D eigenvalue weighted by atomic mass is 9.83. The molecule has 2 aromatic rings. The van der Waals surface area contributed by atoms with Crippen LogP contribution < -0.4 is 10.1 Å². The van der Waals surface area contributed by atoms with Crippen LogP contribution in [0.5, 0.6) is 5.75 Å². The molecule has 0 spiro atoms.